The van der Waals surface area contributed by atoms with E-state index in [1.165, 1.54) is 11.0 Å². The lowest BCUT2D eigenvalue weighted by atomic mass is 10.2. The highest BCUT2D eigenvalue weighted by Gasteiger charge is 2.20. The molecule has 1 atom stereocenters. The van der Waals surface area contributed by atoms with Crippen molar-refractivity contribution in [3.63, 3.8) is 0 Å². The number of aryl methyl sites for hydroxylation is 1. The van der Waals surface area contributed by atoms with E-state index in [1.54, 1.807) is 26.2 Å². The Morgan fingerprint density at radius 1 is 1.20 bits per heavy atom. The zero-order valence-corrected chi connectivity index (χ0v) is 24.2. The Morgan fingerprint density at radius 2 is 2.00 bits per heavy atom. The number of aromatic nitrogens is 4. The number of likely N-dealkylation sites (N-methyl/N-ethyl adjacent to an activating group) is 2. The van der Waals surface area contributed by atoms with Gasteiger partial charge in [0, 0.05) is 57.3 Å². The van der Waals surface area contributed by atoms with Gasteiger partial charge in [0.25, 0.3) is 0 Å². The zero-order chi connectivity index (χ0) is 29.1. The highest BCUT2D eigenvalue weighted by molar-refractivity contribution is 5.92. The monoisotopic (exact) mass is 545 g/mol. The number of benzene rings is 1. The average molecular weight is 546 g/mol. The number of unbranched alkanes of at least 4 members (excludes halogenated alkanes) is 1. The molecule has 0 aliphatic heterocycles. The van der Waals surface area contributed by atoms with Crippen molar-refractivity contribution in [2.24, 2.45) is 7.05 Å². The maximum Gasteiger partial charge on any atom is 0.246 e. The minimum atomic E-state index is -0.569. The molecule has 0 unspecified atom stereocenters. The summed E-state index contributed by atoms with van der Waals surface area (Å²) in [6.45, 7) is 5.53. The standard InChI is InChI=1S/C29H39N9O2/c1-7-30-27-22(19-32-29(35-27)34-24-14-15-25-23(18-24)20-33-38(25)6)12-9-8-10-16-31-28(40)21(2)37(5)26(39)13-11-17-36(3)4/h11,13-15,18-21H,7-8,10,16-17H2,1-6H3,(H,31,40)(H2,30,32,34,35)/t21-/m0/s1. The van der Waals surface area contributed by atoms with Crippen LogP contribution in [0.4, 0.5) is 17.5 Å². The number of nitrogens with one attached hydrogen (secondary N) is 3. The van der Waals surface area contributed by atoms with Crippen LogP contribution in [0.5, 0.6) is 0 Å². The van der Waals surface area contributed by atoms with Crippen LogP contribution < -0.4 is 16.0 Å². The fourth-order valence-electron chi connectivity index (χ4n) is 3.75. The first kappa shape index (κ1) is 30.1. The van der Waals surface area contributed by atoms with E-state index in [0.29, 0.717) is 49.8 Å². The summed E-state index contributed by atoms with van der Waals surface area (Å²) in [5.74, 6) is 7.00. The summed E-state index contributed by atoms with van der Waals surface area (Å²) in [4.78, 5) is 37.1. The van der Waals surface area contributed by atoms with Crippen LogP contribution in [-0.2, 0) is 16.6 Å². The Morgan fingerprint density at radius 3 is 2.75 bits per heavy atom. The molecule has 2 heterocycles. The second kappa shape index (κ2) is 14.6. The van der Waals surface area contributed by atoms with Crippen molar-refractivity contribution in [3.8, 4) is 11.8 Å². The number of anilines is 3. The molecule has 0 saturated carbocycles. The first-order valence-electron chi connectivity index (χ1n) is 13.3. The van der Waals surface area contributed by atoms with Gasteiger partial charge in [-0.2, -0.15) is 10.1 Å². The van der Waals surface area contributed by atoms with Gasteiger partial charge in [0.05, 0.1) is 23.5 Å². The summed E-state index contributed by atoms with van der Waals surface area (Å²) >= 11 is 0. The number of hydrogen-bond donors (Lipinski definition) is 3. The van der Waals surface area contributed by atoms with Gasteiger partial charge in [0.15, 0.2) is 0 Å². The molecule has 2 aromatic heterocycles. The molecule has 0 bridgehead atoms. The van der Waals surface area contributed by atoms with Gasteiger partial charge < -0.3 is 25.8 Å². The van der Waals surface area contributed by atoms with E-state index in [2.05, 4.69) is 42.9 Å². The minimum absolute atomic E-state index is 0.196. The van der Waals surface area contributed by atoms with Crippen molar-refractivity contribution >= 4 is 40.2 Å². The quantitative estimate of drug-likeness (QED) is 0.181. The molecule has 3 aromatic rings. The Kier molecular flexibility index (Phi) is 11.0. The largest absolute Gasteiger partial charge is 0.369 e. The minimum Gasteiger partial charge on any atom is -0.369 e. The summed E-state index contributed by atoms with van der Waals surface area (Å²) in [6.07, 6.45) is 8.07. The zero-order valence-electron chi connectivity index (χ0n) is 24.2. The molecule has 0 saturated heterocycles. The Hall–Kier alpha value is -4.43. The third-order valence-corrected chi connectivity index (χ3v) is 6.18. The van der Waals surface area contributed by atoms with Crippen LogP contribution in [0.3, 0.4) is 0 Å². The van der Waals surface area contributed by atoms with Crippen molar-refractivity contribution in [1.29, 1.82) is 0 Å². The second-order valence-electron chi connectivity index (χ2n) is 9.64. The number of hydrogen-bond acceptors (Lipinski definition) is 8. The molecular formula is C29H39N9O2. The van der Waals surface area contributed by atoms with Gasteiger partial charge in [0.1, 0.15) is 11.9 Å². The molecule has 2 amide bonds. The Bertz CT molecular complexity index is 1400. The molecule has 0 spiro atoms. The molecule has 11 nitrogen and oxygen atoms in total. The maximum atomic E-state index is 12.5. The molecule has 3 N–H and O–H groups in total. The highest BCUT2D eigenvalue weighted by atomic mass is 16.2. The Labute approximate surface area is 236 Å². The summed E-state index contributed by atoms with van der Waals surface area (Å²) < 4.78 is 1.83. The van der Waals surface area contributed by atoms with Crippen LogP contribution in [0.1, 0.15) is 32.3 Å². The van der Waals surface area contributed by atoms with Gasteiger partial charge in [-0.05, 0) is 52.6 Å². The predicted octanol–water partition coefficient (Wildman–Crippen LogP) is 2.75. The summed E-state index contributed by atoms with van der Waals surface area (Å²) in [7, 11) is 7.39. The van der Waals surface area contributed by atoms with Gasteiger partial charge in [0.2, 0.25) is 17.8 Å². The fraction of sp³-hybridized carbons (Fsp3) is 0.414. The molecular weight excluding hydrogens is 506 g/mol. The van der Waals surface area contributed by atoms with Gasteiger partial charge in [-0.3, -0.25) is 14.3 Å². The average Bonchev–Trinajstić information content (AvgIpc) is 3.30. The number of nitrogens with zero attached hydrogens (tertiary/aromatic N) is 6. The first-order chi connectivity index (χ1) is 19.2. The van der Waals surface area contributed by atoms with Crippen molar-refractivity contribution < 1.29 is 9.59 Å². The van der Waals surface area contributed by atoms with Crippen molar-refractivity contribution in [2.75, 3.05) is 51.4 Å². The lowest BCUT2D eigenvalue weighted by molar-refractivity contribution is -0.135. The van der Waals surface area contributed by atoms with Crippen molar-refractivity contribution in [1.82, 2.24) is 34.9 Å². The Balaban J connectivity index is 1.50. The number of amides is 2. The SMILES string of the molecule is CCNc1nc(Nc2ccc3c(cnn3C)c2)ncc1C#CCCCNC(=O)[C@H](C)N(C)C(=O)C=CCN(C)C. The number of carbonyl (C=O) groups excluding carboxylic acids is 2. The molecule has 0 fully saturated rings. The molecule has 1 aromatic carbocycles. The first-order valence-corrected chi connectivity index (χ1v) is 13.3. The topological polar surface area (TPSA) is 120 Å². The van der Waals surface area contributed by atoms with Gasteiger partial charge in [-0.25, -0.2) is 4.98 Å². The van der Waals surface area contributed by atoms with E-state index in [-0.39, 0.29) is 11.8 Å². The molecule has 3 rings (SSSR count). The molecule has 40 heavy (non-hydrogen) atoms. The third kappa shape index (κ3) is 8.54. The van der Waals surface area contributed by atoms with E-state index in [0.717, 1.165) is 16.6 Å². The van der Waals surface area contributed by atoms with E-state index in [1.807, 2.05) is 62.0 Å². The highest BCUT2D eigenvalue weighted by Crippen LogP contribution is 2.21. The maximum absolute atomic E-state index is 12.5. The van der Waals surface area contributed by atoms with E-state index >= 15 is 0 Å². The lowest BCUT2D eigenvalue weighted by Gasteiger charge is -2.23. The van der Waals surface area contributed by atoms with Gasteiger partial charge in [-0.1, -0.05) is 17.9 Å². The number of rotatable bonds is 12. The van der Waals surface area contributed by atoms with E-state index < -0.39 is 6.04 Å². The fourth-order valence-corrected chi connectivity index (χ4v) is 3.75. The molecule has 212 valence electrons. The second-order valence-corrected chi connectivity index (χ2v) is 9.64. The van der Waals surface area contributed by atoms with Crippen molar-refractivity contribution in [2.45, 2.75) is 32.7 Å². The normalized spacial score (nSPS) is 11.8. The summed E-state index contributed by atoms with van der Waals surface area (Å²) in [5.41, 5.74) is 2.62. The number of fused-ring (bicyclic) bond motifs is 1. The van der Waals surface area contributed by atoms with Crippen LogP contribution in [0, 0.1) is 11.8 Å². The third-order valence-electron chi connectivity index (χ3n) is 6.18. The smallest absolute Gasteiger partial charge is 0.246 e. The van der Waals surface area contributed by atoms with E-state index in [4.69, 9.17) is 0 Å². The molecule has 0 aliphatic rings. The van der Waals surface area contributed by atoms with Gasteiger partial charge in [-0.15, -0.1) is 0 Å². The van der Waals surface area contributed by atoms with Crippen molar-refractivity contribution in [3.05, 3.63) is 48.3 Å². The van der Waals surface area contributed by atoms with E-state index in [9.17, 15) is 9.59 Å². The van der Waals surface area contributed by atoms with Crippen LogP contribution in [0.2, 0.25) is 0 Å². The van der Waals surface area contributed by atoms with Crippen LogP contribution in [-0.4, -0.2) is 88.2 Å². The molecule has 0 radical (unpaired) electrons. The molecule has 0 aliphatic carbocycles. The summed E-state index contributed by atoms with van der Waals surface area (Å²) in [5, 5.41) is 14.7. The van der Waals surface area contributed by atoms with Crippen LogP contribution >= 0.6 is 0 Å². The number of carbonyl (C=O) groups is 2. The summed E-state index contributed by atoms with van der Waals surface area (Å²) in [6, 6.07) is 5.40. The lowest BCUT2D eigenvalue weighted by Crippen LogP contribution is -2.45. The molecule has 11 heteroatoms. The van der Waals surface area contributed by atoms with Crippen LogP contribution in [0.15, 0.2) is 42.7 Å². The van der Waals surface area contributed by atoms with Gasteiger partial charge >= 0.3 is 0 Å². The predicted molar refractivity (Wildman–Crippen MR) is 159 cm³/mol. The van der Waals surface area contributed by atoms with Crippen LogP contribution in [0.25, 0.3) is 10.9 Å².